The van der Waals surface area contributed by atoms with Gasteiger partial charge in [-0.25, -0.2) is 4.98 Å². The fourth-order valence-electron chi connectivity index (χ4n) is 3.18. The summed E-state index contributed by atoms with van der Waals surface area (Å²) in [5, 5.41) is 2.88. The third-order valence-electron chi connectivity index (χ3n) is 5.15. The van der Waals surface area contributed by atoms with E-state index in [1.807, 2.05) is 67.6 Å². The van der Waals surface area contributed by atoms with Crippen LogP contribution in [0.5, 0.6) is 5.75 Å². The zero-order valence-corrected chi connectivity index (χ0v) is 17.4. The van der Waals surface area contributed by atoms with Crippen molar-refractivity contribution in [2.75, 3.05) is 6.61 Å². The monoisotopic (exact) mass is 400 g/mol. The number of rotatable bonds is 6. The molecule has 4 rings (SSSR count). The van der Waals surface area contributed by atoms with Crippen LogP contribution in [-0.2, 0) is 11.3 Å². The van der Waals surface area contributed by atoms with Gasteiger partial charge in [-0.3, -0.25) is 4.79 Å². The molecule has 1 N–H and O–H groups in total. The van der Waals surface area contributed by atoms with Gasteiger partial charge in [0.1, 0.15) is 11.3 Å². The van der Waals surface area contributed by atoms with E-state index in [9.17, 15) is 4.79 Å². The minimum Gasteiger partial charge on any atom is -0.484 e. The van der Waals surface area contributed by atoms with E-state index in [1.165, 1.54) is 11.1 Å². The summed E-state index contributed by atoms with van der Waals surface area (Å²) in [5.41, 5.74) is 6.93. The van der Waals surface area contributed by atoms with Gasteiger partial charge >= 0.3 is 0 Å². The molecule has 4 aromatic rings. The van der Waals surface area contributed by atoms with Crippen LogP contribution in [0, 0.1) is 20.8 Å². The Morgan fingerprint density at radius 3 is 2.47 bits per heavy atom. The van der Waals surface area contributed by atoms with E-state index >= 15 is 0 Å². The third-order valence-corrected chi connectivity index (χ3v) is 5.15. The van der Waals surface area contributed by atoms with Crippen LogP contribution < -0.4 is 10.1 Å². The predicted octanol–water partition coefficient (Wildman–Crippen LogP) is 5.12. The van der Waals surface area contributed by atoms with Gasteiger partial charge in [-0.1, -0.05) is 30.3 Å². The molecule has 0 spiro atoms. The molecule has 5 nitrogen and oxygen atoms in total. The molecule has 1 aromatic heterocycles. The SMILES string of the molecule is Cc1cc2nc(-c3ccc(CNC(=O)COc4ccccc4C)cc3)oc2cc1C. The maximum absolute atomic E-state index is 12.1. The number of amides is 1. The van der Waals surface area contributed by atoms with E-state index in [0.717, 1.165) is 33.5 Å². The lowest BCUT2D eigenvalue weighted by atomic mass is 10.1. The molecule has 0 saturated heterocycles. The molecule has 0 aliphatic heterocycles. The van der Waals surface area contributed by atoms with Gasteiger partial charge in [0, 0.05) is 12.1 Å². The molecule has 0 atom stereocenters. The Morgan fingerprint density at radius 2 is 1.70 bits per heavy atom. The number of nitrogens with zero attached hydrogens (tertiary/aromatic N) is 1. The number of ether oxygens (including phenoxy) is 1. The van der Waals surface area contributed by atoms with Gasteiger partial charge in [0.25, 0.3) is 5.91 Å². The van der Waals surface area contributed by atoms with Crippen molar-refractivity contribution in [1.29, 1.82) is 0 Å². The molecule has 1 heterocycles. The number of nitrogens with one attached hydrogen (secondary N) is 1. The predicted molar refractivity (Wildman–Crippen MR) is 117 cm³/mol. The summed E-state index contributed by atoms with van der Waals surface area (Å²) in [7, 11) is 0. The lowest BCUT2D eigenvalue weighted by Crippen LogP contribution is -2.28. The van der Waals surface area contributed by atoms with Crippen molar-refractivity contribution in [3.63, 3.8) is 0 Å². The summed E-state index contributed by atoms with van der Waals surface area (Å²) in [6, 6.07) is 19.5. The van der Waals surface area contributed by atoms with Crippen LogP contribution in [0.3, 0.4) is 0 Å². The Balaban J connectivity index is 1.36. The number of benzene rings is 3. The van der Waals surface area contributed by atoms with Gasteiger partial charge < -0.3 is 14.5 Å². The highest BCUT2D eigenvalue weighted by Crippen LogP contribution is 2.26. The van der Waals surface area contributed by atoms with Crippen molar-refractivity contribution in [3.05, 3.63) is 82.9 Å². The quantitative estimate of drug-likeness (QED) is 0.488. The Morgan fingerprint density at radius 1 is 0.967 bits per heavy atom. The number of hydrogen-bond donors (Lipinski definition) is 1. The fraction of sp³-hybridized carbons (Fsp3) is 0.200. The highest BCUT2D eigenvalue weighted by atomic mass is 16.5. The summed E-state index contributed by atoms with van der Waals surface area (Å²) in [4.78, 5) is 16.7. The first-order chi connectivity index (χ1) is 14.5. The minimum atomic E-state index is -0.160. The second kappa shape index (κ2) is 8.41. The maximum atomic E-state index is 12.1. The minimum absolute atomic E-state index is 0.00925. The summed E-state index contributed by atoms with van der Waals surface area (Å²) in [5.74, 6) is 1.16. The van der Waals surface area contributed by atoms with Crippen molar-refractivity contribution in [2.24, 2.45) is 0 Å². The number of fused-ring (bicyclic) bond motifs is 1. The van der Waals surface area contributed by atoms with Crippen LogP contribution in [0.15, 0.2) is 65.1 Å². The molecule has 0 aliphatic rings. The number of carbonyl (C=O) groups excluding carboxylic acids is 1. The smallest absolute Gasteiger partial charge is 0.258 e. The summed E-state index contributed by atoms with van der Waals surface area (Å²) in [6.45, 7) is 6.51. The molecule has 30 heavy (non-hydrogen) atoms. The third kappa shape index (κ3) is 4.35. The number of aryl methyl sites for hydroxylation is 3. The topological polar surface area (TPSA) is 64.4 Å². The first-order valence-corrected chi connectivity index (χ1v) is 9.92. The normalized spacial score (nSPS) is 10.9. The van der Waals surface area contributed by atoms with Crippen LogP contribution in [0.4, 0.5) is 0 Å². The molecule has 0 unspecified atom stereocenters. The number of hydrogen-bond acceptors (Lipinski definition) is 4. The summed E-state index contributed by atoms with van der Waals surface area (Å²) < 4.78 is 11.5. The van der Waals surface area contributed by atoms with Crippen molar-refractivity contribution in [1.82, 2.24) is 10.3 Å². The Hall–Kier alpha value is -3.60. The lowest BCUT2D eigenvalue weighted by Gasteiger charge is -2.09. The zero-order chi connectivity index (χ0) is 21.1. The average Bonchev–Trinajstić information content (AvgIpc) is 3.15. The van der Waals surface area contributed by atoms with E-state index in [2.05, 4.69) is 24.1 Å². The highest BCUT2D eigenvalue weighted by molar-refractivity contribution is 5.78. The Bertz CT molecular complexity index is 1150. The van der Waals surface area contributed by atoms with Gasteiger partial charge in [-0.15, -0.1) is 0 Å². The second-order valence-electron chi connectivity index (χ2n) is 7.45. The van der Waals surface area contributed by atoms with Crippen LogP contribution in [0.1, 0.15) is 22.3 Å². The molecule has 5 heteroatoms. The fourth-order valence-corrected chi connectivity index (χ4v) is 3.18. The van der Waals surface area contributed by atoms with Crippen LogP contribution >= 0.6 is 0 Å². The first-order valence-electron chi connectivity index (χ1n) is 9.92. The summed E-state index contributed by atoms with van der Waals surface area (Å²) in [6.07, 6.45) is 0. The van der Waals surface area contributed by atoms with Gasteiger partial charge in [0.2, 0.25) is 5.89 Å². The standard InChI is InChI=1S/C25H24N2O3/c1-16-6-4-5-7-22(16)29-15-24(28)26-14-19-8-10-20(11-9-19)25-27-21-12-17(2)18(3)13-23(21)30-25/h4-13H,14-15H2,1-3H3,(H,26,28). The van der Waals surface area contributed by atoms with Crippen molar-refractivity contribution >= 4 is 17.0 Å². The summed E-state index contributed by atoms with van der Waals surface area (Å²) >= 11 is 0. The van der Waals surface area contributed by atoms with Crippen molar-refractivity contribution in [3.8, 4) is 17.2 Å². The van der Waals surface area contributed by atoms with Gasteiger partial charge in [-0.2, -0.15) is 0 Å². The molecule has 0 radical (unpaired) electrons. The number of aromatic nitrogens is 1. The van der Waals surface area contributed by atoms with E-state index < -0.39 is 0 Å². The van der Waals surface area contributed by atoms with Crippen molar-refractivity contribution < 1.29 is 13.9 Å². The molecule has 0 bridgehead atoms. The molecule has 3 aromatic carbocycles. The average molecular weight is 400 g/mol. The van der Waals surface area contributed by atoms with Crippen LogP contribution in [0.25, 0.3) is 22.6 Å². The van der Waals surface area contributed by atoms with Crippen LogP contribution in [0.2, 0.25) is 0 Å². The molecule has 152 valence electrons. The Labute approximate surface area is 175 Å². The van der Waals surface area contributed by atoms with Gasteiger partial charge in [-0.05, 0) is 73.4 Å². The van der Waals surface area contributed by atoms with Crippen molar-refractivity contribution in [2.45, 2.75) is 27.3 Å². The number of para-hydroxylation sites is 1. The molecule has 0 fully saturated rings. The number of carbonyl (C=O) groups is 1. The van der Waals surface area contributed by atoms with E-state index in [0.29, 0.717) is 12.4 Å². The van der Waals surface area contributed by atoms with Gasteiger partial charge in [0.15, 0.2) is 12.2 Å². The van der Waals surface area contributed by atoms with Gasteiger partial charge in [0.05, 0.1) is 0 Å². The molecule has 0 saturated carbocycles. The highest BCUT2D eigenvalue weighted by Gasteiger charge is 2.10. The maximum Gasteiger partial charge on any atom is 0.258 e. The molecular formula is C25H24N2O3. The zero-order valence-electron chi connectivity index (χ0n) is 17.4. The van der Waals surface area contributed by atoms with Crippen LogP contribution in [-0.4, -0.2) is 17.5 Å². The second-order valence-corrected chi connectivity index (χ2v) is 7.45. The molecule has 1 amide bonds. The molecule has 0 aliphatic carbocycles. The first kappa shape index (κ1) is 19.7. The van der Waals surface area contributed by atoms with E-state index in [-0.39, 0.29) is 12.5 Å². The lowest BCUT2D eigenvalue weighted by molar-refractivity contribution is -0.123. The Kier molecular flexibility index (Phi) is 5.53. The van der Waals surface area contributed by atoms with E-state index in [1.54, 1.807) is 0 Å². The number of oxazole rings is 1. The molecular weight excluding hydrogens is 376 g/mol. The largest absolute Gasteiger partial charge is 0.484 e. The van der Waals surface area contributed by atoms with E-state index in [4.69, 9.17) is 9.15 Å².